The molecule has 2 heterocycles. The second kappa shape index (κ2) is 5.76. The van der Waals surface area contributed by atoms with Crippen LogP contribution in [0.1, 0.15) is 16.8 Å². The van der Waals surface area contributed by atoms with E-state index in [1.165, 1.54) is 0 Å². The fraction of sp³-hybridized carbons (Fsp3) is 0.222. The Hall–Kier alpha value is -2.82. The monoisotopic (exact) mass is 306 g/mol. The van der Waals surface area contributed by atoms with Crippen LogP contribution in [0.4, 0.5) is 5.95 Å². The lowest BCUT2D eigenvalue weighted by Crippen LogP contribution is -2.31. The summed E-state index contributed by atoms with van der Waals surface area (Å²) in [5, 5.41) is 3.41. The molecule has 1 saturated heterocycles. The first kappa shape index (κ1) is 13.8. The number of H-pyrrole nitrogens is 1. The number of carbonyl (C=O) groups excluding carboxylic acids is 1. The van der Waals surface area contributed by atoms with Crippen molar-refractivity contribution >= 4 is 22.9 Å². The number of imidazole rings is 1. The Bertz CT molecular complexity index is 794. The van der Waals surface area contributed by atoms with Gasteiger partial charge in [0.25, 0.3) is 5.91 Å². The highest BCUT2D eigenvalue weighted by atomic mass is 16.2. The zero-order valence-corrected chi connectivity index (χ0v) is 12.7. The molecule has 1 amide bonds. The van der Waals surface area contributed by atoms with Gasteiger partial charge >= 0.3 is 0 Å². The molecular formula is C18H18N4O. The van der Waals surface area contributed by atoms with Gasteiger partial charge in [-0.3, -0.25) is 4.79 Å². The summed E-state index contributed by atoms with van der Waals surface area (Å²) in [7, 11) is 0. The molecule has 5 nitrogen and oxygen atoms in total. The van der Waals surface area contributed by atoms with Crippen LogP contribution >= 0.6 is 0 Å². The highest BCUT2D eigenvalue weighted by Crippen LogP contribution is 2.19. The first-order valence-corrected chi connectivity index (χ1v) is 7.85. The second-order valence-corrected chi connectivity index (χ2v) is 5.85. The molecule has 1 atom stereocenters. The van der Waals surface area contributed by atoms with Gasteiger partial charge in [-0.15, -0.1) is 0 Å². The van der Waals surface area contributed by atoms with E-state index in [1.807, 2.05) is 59.5 Å². The number of hydrogen-bond acceptors (Lipinski definition) is 3. The van der Waals surface area contributed by atoms with Crippen molar-refractivity contribution in [1.82, 2.24) is 14.9 Å². The van der Waals surface area contributed by atoms with Crippen LogP contribution in [0.25, 0.3) is 11.0 Å². The Balaban J connectivity index is 1.43. The lowest BCUT2D eigenvalue weighted by Gasteiger charge is -2.17. The molecule has 116 valence electrons. The Kier molecular flexibility index (Phi) is 3.46. The zero-order valence-electron chi connectivity index (χ0n) is 12.7. The predicted molar refractivity (Wildman–Crippen MR) is 90.5 cm³/mol. The fourth-order valence-electron chi connectivity index (χ4n) is 3.04. The van der Waals surface area contributed by atoms with E-state index in [1.54, 1.807) is 0 Å². The van der Waals surface area contributed by atoms with E-state index in [2.05, 4.69) is 15.3 Å². The Labute approximate surface area is 134 Å². The summed E-state index contributed by atoms with van der Waals surface area (Å²) in [5.41, 5.74) is 2.72. The molecule has 2 N–H and O–H groups in total. The first-order chi connectivity index (χ1) is 11.3. The van der Waals surface area contributed by atoms with Crippen molar-refractivity contribution in [3.05, 3.63) is 60.2 Å². The number of nitrogens with one attached hydrogen (secondary N) is 2. The number of aromatic amines is 1. The van der Waals surface area contributed by atoms with Crippen LogP contribution < -0.4 is 5.32 Å². The number of para-hydroxylation sites is 2. The van der Waals surface area contributed by atoms with Crippen molar-refractivity contribution in [1.29, 1.82) is 0 Å². The number of hydrogen-bond donors (Lipinski definition) is 2. The molecule has 1 fully saturated rings. The maximum atomic E-state index is 12.5. The second-order valence-electron chi connectivity index (χ2n) is 5.85. The number of rotatable bonds is 3. The number of carbonyl (C=O) groups is 1. The van der Waals surface area contributed by atoms with Crippen molar-refractivity contribution in [3.63, 3.8) is 0 Å². The highest BCUT2D eigenvalue weighted by molar-refractivity contribution is 5.94. The topological polar surface area (TPSA) is 61.0 Å². The summed E-state index contributed by atoms with van der Waals surface area (Å²) in [6.45, 7) is 1.47. The molecule has 4 rings (SSSR count). The van der Waals surface area contributed by atoms with Crippen molar-refractivity contribution in [2.75, 3.05) is 18.4 Å². The molecule has 1 aliphatic rings. The van der Waals surface area contributed by atoms with E-state index in [0.717, 1.165) is 35.5 Å². The average molecular weight is 306 g/mol. The van der Waals surface area contributed by atoms with Crippen LogP contribution in [-0.2, 0) is 0 Å². The molecule has 0 spiro atoms. The molecule has 0 bridgehead atoms. The summed E-state index contributed by atoms with van der Waals surface area (Å²) in [6.07, 6.45) is 0.926. The van der Waals surface area contributed by atoms with Crippen LogP contribution in [0.3, 0.4) is 0 Å². The van der Waals surface area contributed by atoms with Gasteiger partial charge in [-0.2, -0.15) is 0 Å². The predicted octanol–water partition coefficient (Wildman–Crippen LogP) is 2.89. The molecule has 1 aromatic heterocycles. The van der Waals surface area contributed by atoms with Gasteiger partial charge in [-0.25, -0.2) is 4.98 Å². The molecule has 3 aromatic rings. The maximum absolute atomic E-state index is 12.5. The number of nitrogens with zero attached hydrogens (tertiary/aromatic N) is 2. The van der Waals surface area contributed by atoms with Crippen molar-refractivity contribution in [3.8, 4) is 0 Å². The van der Waals surface area contributed by atoms with Crippen molar-refractivity contribution in [2.24, 2.45) is 0 Å². The Morgan fingerprint density at radius 3 is 2.74 bits per heavy atom. The number of benzene rings is 2. The van der Waals surface area contributed by atoms with Gasteiger partial charge in [0.2, 0.25) is 5.95 Å². The molecule has 1 aliphatic heterocycles. The van der Waals surface area contributed by atoms with E-state index >= 15 is 0 Å². The van der Waals surface area contributed by atoms with Gasteiger partial charge in [-0.1, -0.05) is 30.3 Å². The van der Waals surface area contributed by atoms with Gasteiger partial charge in [0, 0.05) is 24.7 Å². The van der Waals surface area contributed by atoms with Crippen LogP contribution in [0.2, 0.25) is 0 Å². The number of amides is 1. The molecule has 5 heteroatoms. The number of fused-ring (bicyclic) bond motifs is 1. The third kappa shape index (κ3) is 2.77. The van der Waals surface area contributed by atoms with E-state index in [-0.39, 0.29) is 11.9 Å². The van der Waals surface area contributed by atoms with Crippen LogP contribution in [0.15, 0.2) is 54.6 Å². The van der Waals surface area contributed by atoms with Gasteiger partial charge in [0.05, 0.1) is 11.0 Å². The summed E-state index contributed by atoms with van der Waals surface area (Å²) in [6, 6.07) is 17.6. The third-order valence-electron chi connectivity index (χ3n) is 4.23. The van der Waals surface area contributed by atoms with E-state index < -0.39 is 0 Å². The van der Waals surface area contributed by atoms with Crippen molar-refractivity contribution in [2.45, 2.75) is 12.5 Å². The number of aromatic nitrogens is 2. The minimum atomic E-state index is 0.0968. The molecule has 0 aliphatic carbocycles. The lowest BCUT2D eigenvalue weighted by atomic mass is 10.2. The molecular weight excluding hydrogens is 288 g/mol. The number of likely N-dealkylation sites (tertiary alicyclic amines) is 1. The maximum Gasteiger partial charge on any atom is 0.253 e. The van der Waals surface area contributed by atoms with E-state index in [4.69, 9.17) is 0 Å². The first-order valence-electron chi connectivity index (χ1n) is 7.85. The Morgan fingerprint density at radius 2 is 1.91 bits per heavy atom. The lowest BCUT2D eigenvalue weighted by molar-refractivity contribution is 0.0791. The van der Waals surface area contributed by atoms with Crippen LogP contribution in [-0.4, -0.2) is 39.9 Å². The van der Waals surface area contributed by atoms with Gasteiger partial charge in [-0.05, 0) is 30.7 Å². The third-order valence-corrected chi connectivity index (χ3v) is 4.23. The smallest absolute Gasteiger partial charge is 0.253 e. The molecule has 2 aromatic carbocycles. The van der Waals surface area contributed by atoms with Crippen LogP contribution in [0, 0.1) is 0 Å². The molecule has 1 unspecified atom stereocenters. The SMILES string of the molecule is O=C(c1ccccc1)N1CCC(Nc2nc3ccccc3[nH]2)C1. The minimum Gasteiger partial charge on any atom is -0.351 e. The van der Waals surface area contributed by atoms with E-state index in [0.29, 0.717) is 6.54 Å². The summed E-state index contributed by atoms with van der Waals surface area (Å²) in [4.78, 5) is 22.2. The van der Waals surface area contributed by atoms with E-state index in [9.17, 15) is 4.79 Å². The normalized spacial score (nSPS) is 17.6. The quantitative estimate of drug-likeness (QED) is 0.782. The van der Waals surface area contributed by atoms with Crippen molar-refractivity contribution < 1.29 is 4.79 Å². The standard InChI is InChI=1S/C18H18N4O/c23-17(13-6-2-1-3-7-13)22-11-10-14(12-22)19-18-20-15-8-4-5-9-16(15)21-18/h1-9,14H,10-12H2,(H2,19,20,21). The van der Waals surface area contributed by atoms with Crippen LogP contribution in [0.5, 0.6) is 0 Å². The van der Waals surface area contributed by atoms with Gasteiger partial charge < -0.3 is 15.2 Å². The summed E-state index contributed by atoms with van der Waals surface area (Å²) in [5.74, 6) is 0.865. The average Bonchev–Trinajstić information content (AvgIpc) is 3.21. The number of anilines is 1. The van der Waals surface area contributed by atoms with Gasteiger partial charge in [0.15, 0.2) is 0 Å². The Morgan fingerprint density at radius 1 is 1.13 bits per heavy atom. The summed E-state index contributed by atoms with van der Waals surface area (Å²) >= 11 is 0. The van der Waals surface area contributed by atoms with Gasteiger partial charge in [0.1, 0.15) is 0 Å². The highest BCUT2D eigenvalue weighted by Gasteiger charge is 2.27. The largest absolute Gasteiger partial charge is 0.351 e. The molecule has 23 heavy (non-hydrogen) atoms. The minimum absolute atomic E-state index is 0.0968. The fourth-order valence-corrected chi connectivity index (χ4v) is 3.04. The zero-order chi connectivity index (χ0) is 15.6. The summed E-state index contributed by atoms with van der Waals surface area (Å²) < 4.78 is 0. The molecule has 0 saturated carbocycles. The molecule has 0 radical (unpaired) electrons.